The summed E-state index contributed by atoms with van der Waals surface area (Å²) in [6.45, 7) is 4.88. The molecule has 6 rings (SSSR count). The number of carbonyl (C=O) groups excluding carboxylic acids is 1. The Hall–Kier alpha value is -3.40. The molecule has 0 bridgehead atoms. The molecule has 0 radical (unpaired) electrons. The molecule has 3 nitrogen and oxygen atoms in total. The molecule has 0 aromatic heterocycles. The van der Waals surface area contributed by atoms with Crippen LogP contribution in [0.4, 0.5) is 0 Å². The van der Waals surface area contributed by atoms with Gasteiger partial charge in [0.05, 0.1) is 6.04 Å². The number of carbonyl (C=O) groups is 1. The number of nitrogens with one attached hydrogen (secondary N) is 1. The molecular formula is C31H31ClN2O. The van der Waals surface area contributed by atoms with E-state index in [0.717, 1.165) is 16.7 Å². The van der Waals surface area contributed by atoms with Crippen molar-refractivity contribution in [2.75, 3.05) is 6.54 Å². The van der Waals surface area contributed by atoms with Crippen LogP contribution in [0.25, 0.3) is 0 Å². The van der Waals surface area contributed by atoms with E-state index in [2.05, 4.69) is 31.3 Å². The predicted molar refractivity (Wildman–Crippen MR) is 144 cm³/mol. The number of fused-ring (bicyclic) bond motifs is 3. The first kappa shape index (κ1) is 24.7. The molecule has 0 aliphatic carbocycles. The molecular weight excluding hydrogens is 452 g/mol. The topological polar surface area (TPSA) is 32.3 Å². The summed E-state index contributed by atoms with van der Waals surface area (Å²) in [6.07, 6.45) is 1.25. The largest absolute Gasteiger partial charge is 0.310 e. The van der Waals surface area contributed by atoms with E-state index in [-0.39, 0.29) is 11.9 Å². The number of nitrogens with zero attached hydrogens (tertiary/aromatic N) is 1. The predicted octanol–water partition coefficient (Wildman–Crippen LogP) is 7.44. The Morgan fingerprint density at radius 3 is 1.91 bits per heavy atom. The average molecular weight is 483 g/mol. The summed E-state index contributed by atoms with van der Waals surface area (Å²) in [5.41, 5.74) is 3.32. The number of amides is 1. The highest BCUT2D eigenvalue weighted by molar-refractivity contribution is 6.30. The van der Waals surface area contributed by atoms with E-state index < -0.39 is 5.66 Å². The molecule has 4 aromatic carbocycles. The highest BCUT2D eigenvalue weighted by Gasteiger charge is 2.56. The molecule has 1 fully saturated rings. The molecule has 2 aliphatic rings. The SMILES string of the molecule is CCC.O=C1c2ccccc2C2(c3ccc(Cl)cc3)N[C@H](c3ccccc3)CN12.c1ccccc1. The lowest BCUT2D eigenvalue weighted by molar-refractivity contribution is 0.0694. The number of hydrogen-bond donors (Lipinski definition) is 1. The summed E-state index contributed by atoms with van der Waals surface area (Å²) < 4.78 is 0. The lowest BCUT2D eigenvalue weighted by Gasteiger charge is -2.33. The first-order chi connectivity index (χ1) is 17.1. The van der Waals surface area contributed by atoms with Crippen LogP contribution in [0.1, 0.15) is 53.4 Å². The van der Waals surface area contributed by atoms with Crippen molar-refractivity contribution in [1.82, 2.24) is 10.2 Å². The van der Waals surface area contributed by atoms with Gasteiger partial charge in [0.15, 0.2) is 0 Å². The monoisotopic (exact) mass is 482 g/mol. The number of benzene rings is 4. The fourth-order valence-electron chi connectivity index (χ4n) is 4.63. The molecule has 4 heteroatoms. The second-order valence-electron chi connectivity index (χ2n) is 8.65. The van der Waals surface area contributed by atoms with Crippen LogP contribution in [0.3, 0.4) is 0 Å². The molecule has 1 saturated heterocycles. The molecule has 1 unspecified atom stereocenters. The third-order valence-electron chi connectivity index (χ3n) is 6.08. The summed E-state index contributed by atoms with van der Waals surface area (Å²) in [7, 11) is 0. The van der Waals surface area contributed by atoms with Crippen molar-refractivity contribution < 1.29 is 4.79 Å². The average Bonchev–Trinajstić information content (AvgIpc) is 3.42. The van der Waals surface area contributed by atoms with Gasteiger partial charge in [-0.1, -0.05) is 129 Å². The van der Waals surface area contributed by atoms with E-state index in [1.165, 1.54) is 12.0 Å². The lowest BCUT2D eigenvalue weighted by Crippen LogP contribution is -2.47. The maximum atomic E-state index is 13.2. The number of hydrogen-bond acceptors (Lipinski definition) is 2. The third-order valence-corrected chi connectivity index (χ3v) is 6.33. The van der Waals surface area contributed by atoms with E-state index in [0.29, 0.717) is 11.6 Å². The minimum atomic E-state index is -0.654. The van der Waals surface area contributed by atoms with Gasteiger partial charge in [-0.15, -0.1) is 0 Å². The second kappa shape index (κ2) is 11.4. The first-order valence-electron chi connectivity index (χ1n) is 12.1. The van der Waals surface area contributed by atoms with Gasteiger partial charge in [-0.2, -0.15) is 0 Å². The lowest BCUT2D eigenvalue weighted by atomic mass is 9.91. The van der Waals surface area contributed by atoms with Gasteiger partial charge in [0.1, 0.15) is 5.66 Å². The molecule has 2 heterocycles. The minimum absolute atomic E-state index is 0.0708. The fraction of sp³-hybridized carbons (Fsp3) is 0.194. The van der Waals surface area contributed by atoms with Crippen molar-refractivity contribution >= 4 is 17.5 Å². The molecule has 35 heavy (non-hydrogen) atoms. The van der Waals surface area contributed by atoms with Gasteiger partial charge in [0, 0.05) is 22.7 Å². The highest BCUT2D eigenvalue weighted by Crippen LogP contribution is 2.48. The maximum absolute atomic E-state index is 13.2. The minimum Gasteiger partial charge on any atom is -0.310 e. The van der Waals surface area contributed by atoms with E-state index in [1.807, 2.05) is 108 Å². The van der Waals surface area contributed by atoms with Crippen LogP contribution in [0.15, 0.2) is 115 Å². The Morgan fingerprint density at radius 1 is 0.800 bits per heavy atom. The van der Waals surface area contributed by atoms with Gasteiger partial charge < -0.3 is 4.90 Å². The van der Waals surface area contributed by atoms with Crippen LogP contribution >= 0.6 is 11.6 Å². The molecule has 1 amide bonds. The smallest absolute Gasteiger partial charge is 0.256 e. The number of halogens is 1. The van der Waals surface area contributed by atoms with Crippen LogP contribution in [-0.2, 0) is 5.66 Å². The summed E-state index contributed by atoms with van der Waals surface area (Å²) in [6, 6.07) is 38.0. The Labute approximate surface area is 213 Å². The Kier molecular flexibility index (Phi) is 8.02. The Morgan fingerprint density at radius 2 is 1.31 bits per heavy atom. The maximum Gasteiger partial charge on any atom is 0.256 e. The standard InChI is InChI=1S/C22H17ClN2O.C6H6.C3H8/c23-17-12-10-16(11-13-17)22-19-9-5-4-8-18(19)21(26)25(22)14-20(24-22)15-6-2-1-3-7-15;1-2-4-6-5-3-1;1-3-2/h1-13,20,24H,14H2;1-6H;3H2,1-2H3/t20-,22?;;/m0../s1. The van der Waals surface area contributed by atoms with Gasteiger partial charge in [-0.3, -0.25) is 10.1 Å². The van der Waals surface area contributed by atoms with Crippen molar-refractivity contribution in [2.45, 2.75) is 32.0 Å². The van der Waals surface area contributed by atoms with E-state index in [9.17, 15) is 4.79 Å². The van der Waals surface area contributed by atoms with Crippen LogP contribution in [0.5, 0.6) is 0 Å². The molecule has 0 saturated carbocycles. The Bertz CT molecular complexity index is 1200. The van der Waals surface area contributed by atoms with Crippen LogP contribution in [0, 0.1) is 0 Å². The Balaban J connectivity index is 0.000000274. The molecule has 1 N–H and O–H groups in total. The van der Waals surface area contributed by atoms with Gasteiger partial charge in [0.2, 0.25) is 0 Å². The molecule has 4 aromatic rings. The summed E-state index contributed by atoms with van der Waals surface area (Å²) in [5, 5.41) is 4.45. The first-order valence-corrected chi connectivity index (χ1v) is 12.5. The summed E-state index contributed by atoms with van der Waals surface area (Å²) in [4.78, 5) is 15.1. The van der Waals surface area contributed by atoms with E-state index in [1.54, 1.807) is 0 Å². The van der Waals surface area contributed by atoms with Crippen LogP contribution < -0.4 is 5.32 Å². The highest BCUT2D eigenvalue weighted by atomic mass is 35.5. The van der Waals surface area contributed by atoms with Crippen LogP contribution in [0.2, 0.25) is 5.02 Å². The quantitative estimate of drug-likeness (QED) is 0.322. The van der Waals surface area contributed by atoms with Crippen molar-refractivity contribution in [3.8, 4) is 0 Å². The zero-order valence-corrected chi connectivity index (χ0v) is 21.0. The van der Waals surface area contributed by atoms with Gasteiger partial charge in [-0.25, -0.2) is 0 Å². The second-order valence-corrected chi connectivity index (χ2v) is 9.08. The van der Waals surface area contributed by atoms with Gasteiger partial charge in [0.25, 0.3) is 5.91 Å². The van der Waals surface area contributed by atoms with E-state index >= 15 is 0 Å². The zero-order chi connectivity index (χ0) is 24.7. The summed E-state index contributed by atoms with van der Waals surface area (Å²) in [5.74, 6) is 0.0708. The van der Waals surface area contributed by atoms with Crippen molar-refractivity contribution in [3.63, 3.8) is 0 Å². The molecule has 178 valence electrons. The molecule has 2 atom stereocenters. The van der Waals surface area contributed by atoms with Gasteiger partial charge >= 0.3 is 0 Å². The summed E-state index contributed by atoms with van der Waals surface area (Å²) >= 11 is 6.11. The van der Waals surface area contributed by atoms with Gasteiger partial charge in [-0.05, 0) is 29.3 Å². The van der Waals surface area contributed by atoms with Crippen molar-refractivity contribution in [2.24, 2.45) is 0 Å². The molecule has 2 aliphatic heterocycles. The third kappa shape index (κ3) is 5.02. The van der Waals surface area contributed by atoms with Crippen molar-refractivity contribution in [1.29, 1.82) is 0 Å². The number of rotatable bonds is 2. The van der Waals surface area contributed by atoms with E-state index in [4.69, 9.17) is 11.6 Å². The normalized spacial score (nSPS) is 19.6. The molecule has 0 spiro atoms. The van der Waals surface area contributed by atoms with Crippen LogP contribution in [-0.4, -0.2) is 17.4 Å². The zero-order valence-electron chi connectivity index (χ0n) is 20.2. The fourth-order valence-corrected chi connectivity index (χ4v) is 4.75. The van der Waals surface area contributed by atoms with Crippen molar-refractivity contribution in [3.05, 3.63) is 143 Å².